The summed E-state index contributed by atoms with van der Waals surface area (Å²) in [6.45, 7) is -0.0609. The lowest BCUT2D eigenvalue weighted by atomic mass is 10.1. The molecule has 0 unspecified atom stereocenters. The number of likely N-dealkylation sites (tertiary alicyclic amines) is 1. The standard InChI is InChI=1S/C19H22N6O/c1-24-12-16(11-20-24)14-5-6-17-15(9-14)10-18(23-22-17)21-19(26)13-25-7-3-2-4-8-25/h5-6,9-12H,2-4,7-8,13H2,1H3,(H,21,23,26)/i1D3. The highest BCUT2D eigenvalue weighted by molar-refractivity contribution is 5.93. The van der Waals surface area contributed by atoms with Crippen LogP contribution in [0.5, 0.6) is 0 Å². The summed E-state index contributed by atoms with van der Waals surface area (Å²) in [7, 11) is 0. The van der Waals surface area contributed by atoms with Gasteiger partial charge in [-0.15, -0.1) is 10.2 Å². The normalized spacial score (nSPS) is 17.5. The first kappa shape index (κ1) is 13.4. The van der Waals surface area contributed by atoms with Crippen LogP contribution in [0, 0.1) is 0 Å². The number of nitrogens with zero attached hydrogens (tertiary/aromatic N) is 5. The summed E-state index contributed by atoms with van der Waals surface area (Å²) in [5.74, 6) is 0.297. The van der Waals surface area contributed by atoms with Gasteiger partial charge in [0.05, 0.1) is 18.3 Å². The van der Waals surface area contributed by atoms with Crippen molar-refractivity contribution in [1.29, 1.82) is 0 Å². The predicted molar refractivity (Wildman–Crippen MR) is 101 cm³/mol. The highest BCUT2D eigenvalue weighted by atomic mass is 16.2. The molecule has 3 aromatic rings. The molecular weight excluding hydrogens is 328 g/mol. The molecule has 1 amide bonds. The van der Waals surface area contributed by atoms with Gasteiger partial charge in [-0.2, -0.15) is 5.10 Å². The number of aryl methyl sites for hydroxylation is 1. The Balaban J connectivity index is 1.52. The average Bonchev–Trinajstić information content (AvgIpc) is 3.19. The van der Waals surface area contributed by atoms with E-state index in [0.29, 0.717) is 23.4 Å². The number of anilines is 1. The van der Waals surface area contributed by atoms with Crippen LogP contribution in [0.15, 0.2) is 36.7 Å². The first-order valence-electron chi connectivity index (χ1n) is 10.2. The van der Waals surface area contributed by atoms with Crippen molar-refractivity contribution in [2.24, 2.45) is 6.98 Å². The first-order valence-corrected chi connectivity index (χ1v) is 8.74. The summed E-state index contributed by atoms with van der Waals surface area (Å²) in [4.78, 5) is 14.5. The number of carbonyl (C=O) groups is 1. The number of nitrogens with one attached hydrogen (secondary N) is 1. The predicted octanol–water partition coefficient (Wildman–Crippen LogP) is 2.45. The number of hydrogen-bond acceptors (Lipinski definition) is 5. The number of rotatable bonds is 4. The zero-order valence-electron chi connectivity index (χ0n) is 17.4. The van der Waals surface area contributed by atoms with Crippen LogP contribution in [0.3, 0.4) is 0 Å². The molecule has 0 saturated carbocycles. The van der Waals surface area contributed by atoms with Crippen LogP contribution in [-0.4, -0.2) is 50.4 Å². The lowest BCUT2D eigenvalue weighted by Crippen LogP contribution is -2.37. The van der Waals surface area contributed by atoms with E-state index in [1.165, 1.54) is 18.8 Å². The van der Waals surface area contributed by atoms with Crippen molar-refractivity contribution in [2.75, 3.05) is 25.0 Å². The van der Waals surface area contributed by atoms with E-state index in [2.05, 4.69) is 25.5 Å². The topological polar surface area (TPSA) is 75.9 Å². The molecule has 0 spiro atoms. The van der Waals surface area contributed by atoms with Gasteiger partial charge in [-0.25, -0.2) is 0 Å². The Morgan fingerprint density at radius 1 is 1.19 bits per heavy atom. The molecule has 1 aliphatic heterocycles. The minimum atomic E-state index is -2.31. The van der Waals surface area contributed by atoms with E-state index in [-0.39, 0.29) is 5.91 Å². The summed E-state index contributed by atoms with van der Waals surface area (Å²) >= 11 is 0. The van der Waals surface area contributed by atoms with Gasteiger partial charge in [0.15, 0.2) is 5.82 Å². The second-order valence-electron chi connectivity index (χ2n) is 6.56. The Morgan fingerprint density at radius 3 is 2.88 bits per heavy atom. The molecule has 0 aliphatic carbocycles. The van der Waals surface area contributed by atoms with Gasteiger partial charge in [0.1, 0.15) is 0 Å². The van der Waals surface area contributed by atoms with Crippen molar-refractivity contribution in [2.45, 2.75) is 19.3 Å². The molecule has 7 nitrogen and oxygen atoms in total. The number of fused-ring (bicyclic) bond motifs is 1. The molecule has 1 fully saturated rings. The lowest BCUT2D eigenvalue weighted by molar-refractivity contribution is -0.117. The van der Waals surface area contributed by atoms with Crippen LogP contribution in [0.25, 0.3) is 22.0 Å². The highest BCUT2D eigenvalue weighted by Gasteiger charge is 2.14. The number of piperidine rings is 1. The molecule has 26 heavy (non-hydrogen) atoms. The monoisotopic (exact) mass is 353 g/mol. The molecule has 1 saturated heterocycles. The van der Waals surface area contributed by atoms with Gasteiger partial charge in [-0.05, 0) is 49.7 Å². The molecule has 7 heteroatoms. The average molecular weight is 353 g/mol. The van der Waals surface area contributed by atoms with Crippen LogP contribution in [0.2, 0.25) is 0 Å². The van der Waals surface area contributed by atoms with Crippen molar-refractivity contribution in [3.05, 3.63) is 36.7 Å². The maximum atomic E-state index is 12.3. The zero-order valence-corrected chi connectivity index (χ0v) is 14.4. The fourth-order valence-corrected chi connectivity index (χ4v) is 3.26. The second-order valence-corrected chi connectivity index (χ2v) is 6.56. The van der Waals surface area contributed by atoms with Gasteiger partial charge >= 0.3 is 0 Å². The maximum Gasteiger partial charge on any atom is 0.239 e. The number of benzene rings is 1. The van der Waals surface area contributed by atoms with Crippen molar-refractivity contribution in [3.8, 4) is 11.1 Å². The van der Waals surface area contributed by atoms with Crippen LogP contribution >= 0.6 is 0 Å². The highest BCUT2D eigenvalue weighted by Crippen LogP contribution is 2.24. The summed E-state index contributed by atoms with van der Waals surface area (Å²) < 4.78 is 23.3. The Morgan fingerprint density at radius 2 is 2.08 bits per heavy atom. The van der Waals surface area contributed by atoms with E-state index in [0.717, 1.165) is 41.6 Å². The summed E-state index contributed by atoms with van der Waals surface area (Å²) in [5, 5.41) is 15.8. The third-order valence-electron chi connectivity index (χ3n) is 4.58. The molecule has 1 aromatic carbocycles. The molecule has 0 radical (unpaired) electrons. The summed E-state index contributed by atoms with van der Waals surface area (Å²) in [6, 6.07) is 7.30. The van der Waals surface area contributed by atoms with Gasteiger partial charge in [0.2, 0.25) is 5.91 Å². The molecule has 1 aliphatic rings. The second kappa shape index (κ2) is 7.21. The SMILES string of the molecule is [2H]C([2H])([2H])n1cc(-c2ccc3nnc(NC(=O)CN4CCCCC4)cc3c2)cn1. The van der Waals surface area contributed by atoms with Gasteiger partial charge in [0.25, 0.3) is 0 Å². The fraction of sp³-hybridized carbons (Fsp3) is 0.368. The van der Waals surface area contributed by atoms with E-state index >= 15 is 0 Å². The van der Waals surface area contributed by atoms with Crippen molar-refractivity contribution in [1.82, 2.24) is 24.9 Å². The minimum Gasteiger partial charge on any atom is -0.308 e. The first-order chi connectivity index (χ1) is 13.9. The van der Waals surface area contributed by atoms with Gasteiger partial charge in [-0.1, -0.05) is 12.5 Å². The van der Waals surface area contributed by atoms with Crippen LogP contribution in [0.4, 0.5) is 5.82 Å². The van der Waals surface area contributed by atoms with Crippen LogP contribution < -0.4 is 5.32 Å². The Kier molecular flexibility index (Phi) is 3.72. The number of aromatic nitrogens is 4. The zero-order chi connectivity index (χ0) is 20.4. The van der Waals surface area contributed by atoms with Crippen molar-refractivity contribution < 1.29 is 8.91 Å². The quantitative estimate of drug-likeness (QED) is 0.780. The molecule has 0 bridgehead atoms. The van der Waals surface area contributed by atoms with E-state index in [1.54, 1.807) is 6.07 Å². The van der Waals surface area contributed by atoms with Crippen LogP contribution in [-0.2, 0) is 11.8 Å². The number of carbonyl (C=O) groups excluding carboxylic acids is 1. The minimum absolute atomic E-state index is 0.101. The molecule has 134 valence electrons. The number of amides is 1. The Labute approximate surface area is 156 Å². The fourth-order valence-electron chi connectivity index (χ4n) is 3.26. The third kappa shape index (κ3) is 3.72. The maximum absolute atomic E-state index is 12.3. The molecule has 4 rings (SSSR count). The van der Waals surface area contributed by atoms with E-state index < -0.39 is 6.98 Å². The van der Waals surface area contributed by atoms with Crippen molar-refractivity contribution in [3.63, 3.8) is 0 Å². The Bertz CT molecular complexity index is 1030. The Hall–Kier alpha value is -2.80. The summed E-state index contributed by atoms with van der Waals surface area (Å²) in [6.07, 6.45) is 6.49. The van der Waals surface area contributed by atoms with Crippen molar-refractivity contribution >= 4 is 22.6 Å². The molecule has 1 N–H and O–H groups in total. The molecule has 2 aromatic heterocycles. The smallest absolute Gasteiger partial charge is 0.239 e. The lowest BCUT2D eigenvalue weighted by Gasteiger charge is -2.25. The molecular formula is C19H22N6O. The number of hydrogen-bond donors (Lipinski definition) is 1. The molecule has 3 heterocycles. The largest absolute Gasteiger partial charge is 0.308 e. The van der Waals surface area contributed by atoms with E-state index in [4.69, 9.17) is 4.11 Å². The van der Waals surface area contributed by atoms with Gasteiger partial charge < -0.3 is 5.32 Å². The van der Waals surface area contributed by atoms with Gasteiger partial charge in [-0.3, -0.25) is 14.4 Å². The molecule has 0 atom stereocenters. The van der Waals surface area contributed by atoms with E-state index in [9.17, 15) is 4.79 Å². The van der Waals surface area contributed by atoms with Crippen LogP contribution in [0.1, 0.15) is 23.4 Å². The van der Waals surface area contributed by atoms with Gasteiger partial charge in [0, 0.05) is 28.2 Å². The summed E-state index contributed by atoms with van der Waals surface area (Å²) in [5.41, 5.74) is 2.19. The van der Waals surface area contributed by atoms with E-state index in [1.807, 2.05) is 18.2 Å². The third-order valence-corrected chi connectivity index (χ3v) is 4.58.